The van der Waals surface area contributed by atoms with Gasteiger partial charge in [0.1, 0.15) is 0 Å². The van der Waals surface area contributed by atoms with Gasteiger partial charge in [-0.25, -0.2) is 9.97 Å². The number of hydrogen-bond donors (Lipinski definition) is 0. The largest absolute Gasteiger partial charge is 2.00 e. The molecular weight excluding hydrogens is 583 g/mol. The third kappa shape index (κ3) is 4.13. The second-order valence-corrected chi connectivity index (χ2v) is 9.40. The minimum Gasteiger partial charge on any atom is -0.250 e. The predicted octanol–water partition coefficient (Wildman–Crippen LogP) is 7.03. The van der Waals surface area contributed by atoms with Crippen molar-refractivity contribution >= 4 is 21.8 Å². The quantitative estimate of drug-likeness (QED) is 0.162. The number of nitrogens with zero attached hydrogens (tertiary/aromatic N) is 2. The summed E-state index contributed by atoms with van der Waals surface area (Å²) in [5, 5.41) is 2.20. The molecule has 3 heteroatoms. The maximum atomic E-state index is 5.16. The van der Waals surface area contributed by atoms with E-state index >= 15 is 0 Å². The SMILES string of the molecule is CC(C)(c1[c-]cccc1)c1ccc2ccc3ccc(C(C)(C)c4[c-]cccc4)nc3c2n1.[Pt+2]. The van der Waals surface area contributed by atoms with Crippen molar-refractivity contribution in [3.8, 4) is 0 Å². The summed E-state index contributed by atoms with van der Waals surface area (Å²) >= 11 is 0. The molecule has 0 bridgehead atoms. The Morgan fingerprint density at radius 3 is 1.30 bits per heavy atom. The first-order valence-corrected chi connectivity index (χ1v) is 11.0. The molecule has 3 aromatic carbocycles. The zero-order valence-electron chi connectivity index (χ0n) is 19.3. The first-order chi connectivity index (χ1) is 15.4. The molecule has 0 aliphatic carbocycles. The summed E-state index contributed by atoms with van der Waals surface area (Å²) in [4.78, 5) is 10.3. The molecule has 0 atom stereocenters. The van der Waals surface area contributed by atoms with Crippen molar-refractivity contribution in [1.82, 2.24) is 9.97 Å². The van der Waals surface area contributed by atoms with Gasteiger partial charge in [-0.05, 0) is 12.1 Å². The molecule has 0 amide bonds. The summed E-state index contributed by atoms with van der Waals surface area (Å²) in [5.41, 5.74) is 5.66. The fourth-order valence-electron chi connectivity index (χ4n) is 4.30. The van der Waals surface area contributed by atoms with Crippen LogP contribution in [0.25, 0.3) is 21.8 Å². The van der Waals surface area contributed by atoms with Crippen LogP contribution in [-0.2, 0) is 31.9 Å². The second-order valence-electron chi connectivity index (χ2n) is 9.40. The van der Waals surface area contributed by atoms with Crippen LogP contribution < -0.4 is 0 Å². The molecule has 0 fully saturated rings. The Morgan fingerprint density at radius 1 is 0.545 bits per heavy atom. The molecule has 5 rings (SSSR count). The molecule has 2 heterocycles. The van der Waals surface area contributed by atoms with Crippen LogP contribution in [0.4, 0.5) is 0 Å². The summed E-state index contributed by atoms with van der Waals surface area (Å²) in [6.45, 7) is 8.80. The Bertz CT molecular complexity index is 1300. The van der Waals surface area contributed by atoms with Gasteiger partial charge in [-0.3, -0.25) is 0 Å². The fourth-order valence-corrected chi connectivity index (χ4v) is 4.30. The molecule has 0 saturated carbocycles. The topological polar surface area (TPSA) is 25.8 Å². The van der Waals surface area contributed by atoms with Crippen LogP contribution in [0.15, 0.2) is 84.9 Å². The second kappa shape index (κ2) is 8.84. The molecular formula is C30H26N2Pt. The maximum Gasteiger partial charge on any atom is 2.00 e. The van der Waals surface area contributed by atoms with E-state index < -0.39 is 0 Å². The normalized spacial score (nSPS) is 12.0. The molecule has 0 aliphatic heterocycles. The van der Waals surface area contributed by atoms with Crippen LogP contribution in [0, 0.1) is 12.1 Å². The third-order valence-electron chi connectivity index (χ3n) is 6.57. The van der Waals surface area contributed by atoms with Crippen LogP contribution in [-0.4, -0.2) is 9.97 Å². The standard InChI is InChI=1S/C30H26N2.Pt/c1-29(2,23-11-7-5-8-12-23)25-19-17-21-15-16-22-18-20-26(32-28(22)27(21)31-25)30(3,4)24-13-9-6-10-14-24;/h5-11,13,15-20H,1-4H3;/q-2;+2. The van der Waals surface area contributed by atoms with Crippen molar-refractivity contribution in [2.24, 2.45) is 0 Å². The summed E-state index contributed by atoms with van der Waals surface area (Å²) in [6.07, 6.45) is 0. The van der Waals surface area contributed by atoms with E-state index in [9.17, 15) is 0 Å². The number of fused-ring (bicyclic) bond motifs is 3. The van der Waals surface area contributed by atoms with Gasteiger partial charge in [0.15, 0.2) is 0 Å². The first kappa shape index (κ1) is 23.3. The molecule has 2 aromatic heterocycles. The van der Waals surface area contributed by atoms with Crippen LogP contribution in [0.2, 0.25) is 0 Å². The van der Waals surface area contributed by atoms with Crippen molar-refractivity contribution in [1.29, 1.82) is 0 Å². The zero-order valence-corrected chi connectivity index (χ0v) is 21.6. The van der Waals surface area contributed by atoms with Gasteiger partial charge >= 0.3 is 21.1 Å². The fraction of sp³-hybridized carbons (Fsp3) is 0.200. The average Bonchev–Trinajstić information content (AvgIpc) is 2.84. The van der Waals surface area contributed by atoms with Gasteiger partial charge in [0, 0.05) is 33.0 Å². The van der Waals surface area contributed by atoms with Gasteiger partial charge in [0.2, 0.25) is 0 Å². The number of rotatable bonds is 4. The Hall–Kier alpha value is -2.83. The Kier molecular flexibility index (Phi) is 6.25. The van der Waals surface area contributed by atoms with Crippen LogP contribution in [0.5, 0.6) is 0 Å². The number of pyridine rings is 2. The van der Waals surface area contributed by atoms with E-state index in [1.807, 2.05) is 24.3 Å². The van der Waals surface area contributed by atoms with E-state index in [1.165, 1.54) is 0 Å². The minimum atomic E-state index is -0.256. The average molecular weight is 610 g/mol. The first-order valence-electron chi connectivity index (χ1n) is 11.0. The van der Waals surface area contributed by atoms with Crippen molar-refractivity contribution in [2.75, 3.05) is 0 Å². The molecule has 0 radical (unpaired) electrons. The molecule has 2 nitrogen and oxygen atoms in total. The Labute approximate surface area is 210 Å². The molecule has 0 N–H and O–H groups in total. The van der Waals surface area contributed by atoms with Crippen molar-refractivity contribution in [3.63, 3.8) is 0 Å². The molecule has 0 aliphatic rings. The number of hydrogen-bond acceptors (Lipinski definition) is 2. The van der Waals surface area contributed by atoms with E-state index in [4.69, 9.17) is 9.97 Å². The summed E-state index contributed by atoms with van der Waals surface area (Å²) in [7, 11) is 0. The van der Waals surface area contributed by atoms with Gasteiger partial charge in [0.05, 0.1) is 11.0 Å². The smallest absolute Gasteiger partial charge is 0.250 e. The maximum absolute atomic E-state index is 5.16. The Balaban J connectivity index is 0.00000259. The minimum absolute atomic E-state index is 0. The molecule has 0 spiro atoms. The summed E-state index contributed by atoms with van der Waals surface area (Å²) in [5.74, 6) is 0. The van der Waals surface area contributed by atoms with Crippen molar-refractivity contribution in [2.45, 2.75) is 38.5 Å². The van der Waals surface area contributed by atoms with E-state index in [1.54, 1.807) is 0 Å². The monoisotopic (exact) mass is 609 g/mol. The molecule has 0 unspecified atom stereocenters. The van der Waals surface area contributed by atoms with E-state index in [0.717, 1.165) is 44.3 Å². The molecule has 0 saturated heterocycles. The van der Waals surface area contributed by atoms with Crippen molar-refractivity contribution < 1.29 is 21.1 Å². The van der Waals surface area contributed by atoms with E-state index in [2.05, 4.69) is 100 Å². The van der Waals surface area contributed by atoms with Gasteiger partial charge in [0.25, 0.3) is 0 Å². The summed E-state index contributed by atoms with van der Waals surface area (Å²) in [6, 6.07) is 35.9. The van der Waals surface area contributed by atoms with Gasteiger partial charge in [-0.2, -0.15) is 71.8 Å². The third-order valence-corrected chi connectivity index (χ3v) is 6.57. The number of benzene rings is 3. The summed E-state index contributed by atoms with van der Waals surface area (Å²) < 4.78 is 0. The molecule has 33 heavy (non-hydrogen) atoms. The van der Waals surface area contributed by atoms with E-state index in [0.29, 0.717) is 0 Å². The Morgan fingerprint density at radius 2 is 0.939 bits per heavy atom. The van der Waals surface area contributed by atoms with Gasteiger partial charge in [-0.15, -0.1) is 0 Å². The predicted molar refractivity (Wildman–Crippen MR) is 132 cm³/mol. The van der Waals surface area contributed by atoms with Crippen LogP contribution in [0.1, 0.15) is 50.2 Å². The molecule has 166 valence electrons. The molecule has 5 aromatic rings. The van der Waals surface area contributed by atoms with Gasteiger partial charge < -0.3 is 0 Å². The van der Waals surface area contributed by atoms with Gasteiger partial charge in [-0.1, -0.05) is 52.0 Å². The van der Waals surface area contributed by atoms with Crippen molar-refractivity contribution in [3.05, 3.63) is 120 Å². The number of aromatic nitrogens is 2. The zero-order chi connectivity index (χ0) is 22.3. The van der Waals surface area contributed by atoms with E-state index in [-0.39, 0.29) is 31.9 Å². The van der Waals surface area contributed by atoms with Crippen LogP contribution >= 0.6 is 0 Å². The van der Waals surface area contributed by atoms with Crippen LogP contribution in [0.3, 0.4) is 0 Å².